The van der Waals surface area contributed by atoms with Gasteiger partial charge in [-0.25, -0.2) is 14.4 Å². The van der Waals surface area contributed by atoms with Crippen LogP contribution in [0.2, 0.25) is 0 Å². The minimum Gasteiger partial charge on any atom is -0.478 e. The van der Waals surface area contributed by atoms with Gasteiger partial charge in [0.2, 0.25) is 5.95 Å². The van der Waals surface area contributed by atoms with Crippen molar-refractivity contribution in [2.75, 3.05) is 37.4 Å². The fourth-order valence-electron chi connectivity index (χ4n) is 5.46. The van der Waals surface area contributed by atoms with Gasteiger partial charge in [0.25, 0.3) is 11.8 Å². The zero-order valence-electron chi connectivity index (χ0n) is 22.0. The van der Waals surface area contributed by atoms with Gasteiger partial charge in [-0.2, -0.15) is 0 Å². The first kappa shape index (κ1) is 24.9. The van der Waals surface area contributed by atoms with E-state index in [1.165, 1.54) is 6.07 Å². The van der Waals surface area contributed by atoms with Crippen LogP contribution in [-0.4, -0.2) is 57.4 Å². The van der Waals surface area contributed by atoms with Crippen LogP contribution in [0.4, 0.5) is 27.4 Å². The summed E-state index contributed by atoms with van der Waals surface area (Å²) in [7, 11) is 3.34. The topological polar surface area (TPSA) is 134 Å². The van der Waals surface area contributed by atoms with Crippen LogP contribution in [0, 0.1) is 12.7 Å². The maximum Gasteiger partial charge on any atom is 0.256 e. The first-order valence-electron chi connectivity index (χ1n) is 12.8. The molecule has 1 saturated heterocycles. The van der Waals surface area contributed by atoms with Crippen LogP contribution in [0.5, 0.6) is 5.88 Å². The van der Waals surface area contributed by atoms with Crippen molar-refractivity contribution < 1.29 is 13.9 Å². The maximum atomic E-state index is 14.5. The quantitative estimate of drug-likeness (QED) is 0.255. The third-order valence-electron chi connectivity index (χ3n) is 7.49. The highest BCUT2D eigenvalue weighted by atomic mass is 19.1. The molecule has 2 aliphatic heterocycles. The lowest BCUT2D eigenvalue weighted by atomic mass is 9.74. The van der Waals surface area contributed by atoms with Gasteiger partial charge in [0, 0.05) is 48.7 Å². The predicted octanol–water partition coefficient (Wildman–Crippen LogP) is 3.51. The third-order valence-corrected chi connectivity index (χ3v) is 7.49. The monoisotopic (exact) mass is 531 g/mol. The van der Waals surface area contributed by atoms with Crippen LogP contribution < -0.4 is 26.0 Å². The van der Waals surface area contributed by atoms with Gasteiger partial charge in [-0.05, 0) is 44.5 Å². The number of nitrogens with one attached hydrogen (secondary N) is 5. The average molecular weight is 532 g/mol. The van der Waals surface area contributed by atoms with Crippen molar-refractivity contribution >= 4 is 28.9 Å². The molecule has 202 valence electrons. The molecule has 0 saturated carbocycles. The lowest BCUT2D eigenvalue weighted by molar-refractivity contribution is 0.0916. The minimum atomic E-state index is -0.331. The van der Waals surface area contributed by atoms with Crippen LogP contribution in [0.3, 0.4) is 0 Å². The van der Waals surface area contributed by atoms with Crippen molar-refractivity contribution in [1.29, 1.82) is 0 Å². The molecule has 12 heteroatoms. The fraction of sp³-hybridized carbons (Fsp3) is 0.333. The normalized spacial score (nSPS) is 18.5. The number of H-pyrrole nitrogens is 1. The Morgan fingerprint density at radius 2 is 2.05 bits per heavy atom. The van der Waals surface area contributed by atoms with E-state index in [0.717, 1.165) is 31.6 Å². The van der Waals surface area contributed by atoms with E-state index in [1.54, 1.807) is 56.4 Å². The number of fused-ring (bicyclic) bond motifs is 2. The number of piperidine rings is 1. The molecular formula is C27H30FN9O2. The lowest BCUT2D eigenvalue weighted by Gasteiger charge is -2.40. The number of carbonyl (C=O) groups excluding carboxylic acids is 1. The fourth-order valence-corrected chi connectivity index (χ4v) is 5.46. The summed E-state index contributed by atoms with van der Waals surface area (Å²) in [6.07, 6.45) is 5.32. The second kappa shape index (κ2) is 9.70. The van der Waals surface area contributed by atoms with Gasteiger partial charge in [-0.3, -0.25) is 9.48 Å². The molecular weight excluding hydrogens is 501 g/mol. The van der Waals surface area contributed by atoms with E-state index in [-0.39, 0.29) is 17.1 Å². The molecule has 1 spiro atoms. The molecule has 5 heterocycles. The Bertz CT molecular complexity index is 1550. The number of ether oxygens (including phenoxy) is 1. The minimum absolute atomic E-state index is 0.187. The maximum absolute atomic E-state index is 14.5. The van der Waals surface area contributed by atoms with E-state index in [4.69, 9.17) is 9.72 Å². The molecule has 1 amide bonds. The Labute approximate surface area is 224 Å². The van der Waals surface area contributed by atoms with E-state index in [2.05, 4.69) is 36.3 Å². The molecule has 0 unspecified atom stereocenters. The highest BCUT2D eigenvalue weighted by molar-refractivity contribution is 6.06. The van der Waals surface area contributed by atoms with Crippen LogP contribution in [0.1, 0.15) is 34.5 Å². The molecule has 2 aliphatic rings. The van der Waals surface area contributed by atoms with Gasteiger partial charge >= 0.3 is 0 Å². The van der Waals surface area contributed by atoms with Gasteiger partial charge in [-0.15, -0.1) is 5.10 Å². The second-order valence-corrected chi connectivity index (χ2v) is 10.0. The van der Waals surface area contributed by atoms with E-state index in [1.807, 2.05) is 0 Å². The van der Waals surface area contributed by atoms with Crippen molar-refractivity contribution in [1.82, 2.24) is 35.4 Å². The third kappa shape index (κ3) is 4.36. The number of anilines is 4. The van der Waals surface area contributed by atoms with Crippen LogP contribution in [0.25, 0.3) is 11.4 Å². The Kier molecular flexibility index (Phi) is 6.18. The summed E-state index contributed by atoms with van der Waals surface area (Å²) in [5, 5.41) is 17.4. The number of methoxy groups -OCH3 is 1. The van der Waals surface area contributed by atoms with Crippen molar-refractivity contribution in [2.45, 2.75) is 25.2 Å². The lowest BCUT2D eigenvalue weighted by Crippen LogP contribution is -2.54. The Morgan fingerprint density at radius 1 is 1.18 bits per heavy atom. The molecule has 0 radical (unpaired) electrons. The molecule has 39 heavy (non-hydrogen) atoms. The summed E-state index contributed by atoms with van der Waals surface area (Å²) in [6.45, 7) is 3.90. The summed E-state index contributed by atoms with van der Waals surface area (Å²) < 4.78 is 21.4. The summed E-state index contributed by atoms with van der Waals surface area (Å²) in [4.78, 5) is 26.1. The zero-order valence-corrected chi connectivity index (χ0v) is 22.0. The smallest absolute Gasteiger partial charge is 0.256 e. The van der Waals surface area contributed by atoms with Gasteiger partial charge in [0.1, 0.15) is 11.5 Å². The summed E-state index contributed by atoms with van der Waals surface area (Å²) >= 11 is 0. The number of benzene rings is 1. The Balaban J connectivity index is 1.49. The van der Waals surface area contributed by atoms with Gasteiger partial charge in [-0.1, -0.05) is 6.07 Å². The number of aromatic amines is 1. The molecule has 11 nitrogen and oxygen atoms in total. The van der Waals surface area contributed by atoms with Crippen molar-refractivity contribution in [3.8, 4) is 17.3 Å². The number of nitrogens with zero attached hydrogens (tertiary/aromatic N) is 4. The van der Waals surface area contributed by atoms with Crippen molar-refractivity contribution in [3.05, 3.63) is 59.3 Å². The first-order valence-corrected chi connectivity index (χ1v) is 12.8. The Hall–Kier alpha value is -4.45. The number of hydrogen-bond donors (Lipinski definition) is 5. The number of aromatic nitrogens is 5. The van der Waals surface area contributed by atoms with Crippen molar-refractivity contribution in [2.24, 2.45) is 7.05 Å². The van der Waals surface area contributed by atoms with Gasteiger partial charge in [0.05, 0.1) is 35.9 Å². The number of carbonyl (C=O) groups is 1. The first-order chi connectivity index (χ1) is 18.9. The highest BCUT2D eigenvalue weighted by Gasteiger charge is 2.44. The zero-order chi connectivity index (χ0) is 27.1. The molecule has 6 rings (SSSR count). The van der Waals surface area contributed by atoms with E-state index < -0.39 is 0 Å². The number of halogens is 1. The van der Waals surface area contributed by atoms with E-state index in [0.29, 0.717) is 58.0 Å². The van der Waals surface area contributed by atoms with Gasteiger partial charge < -0.3 is 31.0 Å². The highest BCUT2D eigenvalue weighted by Crippen LogP contribution is 2.44. The van der Waals surface area contributed by atoms with E-state index >= 15 is 0 Å². The van der Waals surface area contributed by atoms with Gasteiger partial charge in [0.15, 0.2) is 0 Å². The molecule has 3 aromatic heterocycles. The standard InChI is InChI=1S/C27H30FN9O2/c1-15-16(28)6-4-7-17(15)32-22-20-23(27(14-31-24(20)38)9-5-10-29-13-27)35-21(22)18-8-11-30-26(33-18)34-19-12-37(2)36-25(19)39-3/h4,6-8,11-12,29,32,35H,5,9-10,13-14H2,1-3H3,(H,31,38)(H,30,33,34)/t27-/m1/s1. The number of hydrogen-bond acceptors (Lipinski definition) is 8. The van der Waals surface area contributed by atoms with Crippen molar-refractivity contribution in [3.63, 3.8) is 0 Å². The molecule has 5 N–H and O–H groups in total. The summed E-state index contributed by atoms with van der Waals surface area (Å²) in [5.41, 5.74) is 4.45. The summed E-state index contributed by atoms with van der Waals surface area (Å²) in [6, 6.07) is 6.63. The van der Waals surface area contributed by atoms with Crippen LogP contribution in [-0.2, 0) is 12.5 Å². The Morgan fingerprint density at radius 3 is 2.85 bits per heavy atom. The second-order valence-electron chi connectivity index (χ2n) is 10.0. The number of amides is 1. The number of rotatable bonds is 6. The number of aryl methyl sites for hydroxylation is 1. The molecule has 1 fully saturated rings. The predicted molar refractivity (Wildman–Crippen MR) is 145 cm³/mol. The van der Waals surface area contributed by atoms with E-state index in [9.17, 15) is 9.18 Å². The molecule has 1 atom stereocenters. The molecule has 0 bridgehead atoms. The molecule has 4 aromatic rings. The molecule has 1 aromatic carbocycles. The van der Waals surface area contributed by atoms with Crippen LogP contribution >= 0.6 is 0 Å². The SMILES string of the molecule is COc1nn(C)cc1Nc1nccc(-c2[nH]c3c(c2Nc2cccc(F)c2C)C(=O)NC[C@]32CCCNC2)n1. The molecule has 0 aliphatic carbocycles. The van der Waals surface area contributed by atoms with Crippen LogP contribution in [0.15, 0.2) is 36.7 Å². The summed E-state index contributed by atoms with van der Waals surface area (Å²) in [5.74, 6) is 0.224. The largest absolute Gasteiger partial charge is 0.478 e. The average Bonchev–Trinajstić information content (AvgIpc) is 3.50.